The van der Waals surface area contributed by atoms with E-state index in [-0.39, 0.29) is 0 Å². The smallest absolute Gasteiger partial charge is 0.0931 e. The van der Waals surface area contributed by atoms with Gasteiger partial charge in [0.25, 0.3) is 0 Å². The van der Waals surface area contributed by atoms with E-state index in [2.05, 4.69) is 22.9 Å². The summed E-state index contributed by atoms with van der Waals surface area (Å²) in [5.41, 5.74) is 1.95. The summed E-state index contributed by atoms with van der Waals surface area (Å²) in [4.78, 5) is 6.79. The number of hydrogen-bond donors (Lipinski definition) is 1. The van der Waals surface area contributed by atoms with Gasteiger partial charge in [-0.15, -0.1) is 0 Å². The molecule has 1 aromatic heterocycles. The van der Waals surface area contributed by atoms with Crippen molar-refractivity contribution >= 4 is 5.69 Å². The number of nitrogens with zero attached hydrogens (tertiary/aromatic N) is 2. The summed E-state index contributed by atoms with van der Waals surface area (Å²) in [6, 6.07) is 4.74. The van der Waals surface area contributed by atoms with Gasteiger partial charge >= 0.3 is 0 Å². The van der Waals surface area contributed by atoms with Crippen molar-refractivity contribution in [2.24, 2.45) is 0 Å². The van der Waals surface area contributed by atoms with Crippen molar-refractivity contribution < 1.29 is 5.11 Å². The van der Waals surface area contributed by atoms with Crippen LogP contribution in [0.25, 0.3) is 0 Å². The quantitative estimate of drug-likeness (QED) is 0.822. The van der Waals surface area contributed by atoms with Crippen LogP contribution in [0, 0.1) is 0 Å². The van der Waals surface area contributed by atoms with Crippen LogP contribution in [0.5, 0.6) is 0 Å². The van der Waals surface area contributed by atoms with Crippen LogP contribution in [-0.2, 0) is 0 Å². The highest BCUT2D eigenvalue weighted by molar-refractivity contribution is 5.47. The molecule has 0 radical (unpaired) electrons. The van der Waals surface area contributed by atoms with E-state index >= 15 is 0 Å². The first-order valence-electron chi connectivity index (χ1n) is 6.63. The number of pyridine rings is 1. The van der Waals surface area contributed by atoms with Crippen LogP contribution in [0.3, 0.4) is 0 Å². The maximum absolute atomic E-state index is 9.44. The minimum absolute atomic E-state index is 0.478. The van der Waals surface area contributed by atoms with Crippen LogP contribution in [0.1, 0.15) is 51.3 Å². The van der Waals surface area contributed by atoms with Crippen LogP contribution in [-0.4, -0.2) is 22.7 Å². The first-order chi connectivity index (χ1) is 8.22. The van der Waals surface area contributed by atoms with E-state index in [0.717, 1.165) is 18.3 Å². The summed E-state index contributed by atoms with van der Waals surface area (Å²) < 4.78 is 0. The zero-order chi connectivity index (χ0) is 12.3. The van der Waals surface area contributed by atoms with Gasteiger partial charge < -0.3 is 10.0 Å². The Morgan fingerprint density at radius 3 is 2.71 bits per heavy atom. The number of rotatable bonds is 6. The monoisotopic (exact) mass is 234 g/mol. The Hall–Kier alpha value is -1.09. The van der Waals surface area contributed by atoms with Gasteiger partial charge in [-0.05, 0) is 38.3 Å². The van der Waals surface area contributed by atoms with E-state index in [0.29, 0.717) is 0 Å². The minimum Gasteiger partial charge on any atom is -0.387 e. The molecule has 0 bridgehead atoms. The second kappa shape index (κ2) is 5.50. The summed E-state index contributed by atoms with van der Waals surface area (Å²) >= 11 is 0. The molecular formula is C14H22N2O. The molecule has 1 aromatic rings. The summed E-state index contributed by atoms with van der Waals surface area (Å²) in [6.45, 7) is 5.09. The largest absolute Gasteiger partial charge is 0.387 e. The standard InChI is InChI=1S/C14H22N2O/c1-3-4-9-16(12-5-6-12)13-7-8-14(11(2)17)15-10-13/h7-8,10-12,17H,3-6,9H2,1-2H3/t11-/m1/s1. The fourth-order valence-corrected chi connectivity index (χ4v) is 2.05. The SMILES string of the molecule is CCCCN(c1ccc([C@@H](C)O)nc1)C1CC1. The number of aromatic nitrogens is 1. The van der Waals surface area contributed by atoms with Crippen molar-refractivity contribution in [3.63, 3.8) is 0 Å². The lowest BCUT2D eigenvalue weighted by molar-refractivity contribution is 0.194. The summed E-state index contributed by atoms with van der Waals surface area (Å²) in [6.07, 6.45) is 6.49. The van der Waals surface area contributed by atoms with Crippen LogP contribution >= 0.6 is 0 Å². The lowest BCUT2D eigenvalue weighted by Crippen LogP contribution is -2.26. The highest BCUT2D eigenvalue weighted by atomic mass is 16.3. The third-order valence-corrected chi connectivity index (χ3v) is 3.27. The van der Waals surface area contributed by atoms with Crippen molar-refractivity contribution in [3.05, 3.63) is 24.0 Å². The van der Waals surface area contributed by atoms with E-state index in [1.807, 2.05) is 12.3 Å². The van der Waals surface area contributed by atoms with Crippen molar-refractivity contribution in [3.8, 4) is 0 Å². The van der Waals surface area contributed by atoms with Crippen LogP contribution in [0.4, 0.5) is 5.69 Å². The topological polar surface area (TPSA) is 36.4 Å². The zero-order valence-electron chi connectivity index (χ0n) is 10.8. The third-order valence-electron chi connectivity index (χ3n) is 3.27. The van der Waals surface area contributed by atoms with Gasteiger partial charge in [0.1, 0.15) is 0 Å². The van der Waals surface area contributed by atoms with Crippen molar-refractivity contribution in [1.29, 1.82) is 0 Å². The Morgan fingerprint density at radius 2 is 2.24 bits per heavy atom. The van der Waals surface area contributed by atoms with Gasteiger partial charge in [-0.2, -0.15) is 0 Å². The minimum atomic E-state index is -0.478. The molecule has 0 spiro atoms. The Bertz CT molecular complexity index is 344. The molecule has 94 valence electrons. The lowest BCUT2D eigenvalue weighted by atomic mass is 10.2. The van der Waals surface area contributed by atoms with Crippen LogP contribution in [0.15, 0.2) is 18.3 Å². The molecular weight excluding hydrogens is 212 g/mol. The molecule has 0 amide bonds. The van der Waals surface area contributed by atoms with Crippen LogP contribution < -0.4 is 4.90 Å². The van der Waals surface area contributed by atoms with Gasteiger partial charge in [0.05, 0.1) is 23.7 Å². The maximum Gasteiger partial charge on any atom is 0.0931 e. The second-order valence-electron chi connectivity index (χ2n) is 4.90. The molecule has 1 fully saturated rings. The Balaban J connectivity index is 2.07. The van der Waals surface area contributed by atoms with Crippen molar-refractivity contribution in [1.82, 2.24) is 4.98 Å². The molecule has 1 N–H and O–H groups in total. The molecule has 1 heterocycles. The second-order valence-corrected chi connectivity index (χ2v) is 4.90. The molecule has 3 nitrogen and oxygen atoms in total. The summed E-state index contributed by atoms with van der Waals surface area (Å²) in [5.74, 6) is 0. The predicted molar refractivity (Wildman–Crippen MR) is 70.1 cm³/mol. The highest BCUT2D eigenvalue weighted by Crippen LogP contribution is 2.31. The molecule has 1 atom stereocenters. The molecule has 3 heteroatoms. The van der Waals surface area contributed by atoms with Gasteiger partial charge in [-0.25, -0.2) is 0 Å². The average Bonchev–Trinajstić information content (AvgIpc) is 3.14. The van der Waals surface area contributed by atoms with Crippen LogP contribution in [0.2, 0.25) is 0 Å². The molecule has 2 rings (SSSR count). The van der Waals surface area contributed by atoms with Gasteiger partial charge in [-0.1, -0.05) is 13.3 Å². The van der Waals surface area contributed by atoms with Crippen molar-refractivity contribution in [2.75, 3.05) is 11.4 Å². The zero-order valence-corrected chi connectivity index (χ0v) is 10.8. The predicted octanol–water partition coefficient (Wildman–Crippen LogP) is 2.90. The van der Waals surface area contributed by atoms with E-state index in [9.17, 15) is 5.11 Å². The fourth-order valence-electron chi connectivity index (χ4n) is 2.05. The highest BCUT2D eigenvalue weighted by Gasteiger charge is 2.28. The first kappa shape index (κ1) is 12.4. The Kier molecular flexibility index (Phi) is 4.00. The molecule has 0 aliphatic heterocycles. The lowest BCUT2D eigenvalue weighted by Gasteiger charge is -2.24. The molecule has 0 aromatic carbocycles. The normalized spacial score (nSPS) is 16.9. The van der Waals surface area contributed by atoms with Gasteiger partial charge in [0, 0.05) is 12.6 Å². The van der Waals surface area contributed by atoms with E-state index < -0.39 is 6.10 Å². The Labute approximate surface area is 103 Å². The first-order valence-corrected chi connectivity index (χ1v) is 6.63. The van der Waals surface area contributed by atoms with Gasteiger partial charge in [0.2, 0.25) is 0 Å². The van der Waals surface area contributed by atoms with Crippen molar-refractivity contribution in [2.45, 2.75) is 51.7 Å². The number of unbranched alkanes of at least 4 members (excludes halogenated alkanes) is 1. The van der Waals surface area contributed by atoms with E-state index in [1.165, 1.54) is 31.4 Å². The number of anilines is 1. The molecule has 0 saturated heterocycles. The molecule has 17 heavy (non-hydrogen) atoms. The van der Waals surface area contributed by atoms with E-state index in [4.69, 9.17) is 0 Å². The maximum atomic E-state index is 9.44. The number of hydrogen-bond acceptors (Lipinski definition) is 3. The number of aliphatic hydroxyl groups is 1. The number of aliphatic hydroxyl groups excluding tert-OH is 1. The van der Waals surface area contributed by atoms with Gasteiger partial charge in [-0.3, -0.25) is 4.98 Å². The fraction of sp³-hybridized carbons (Fsp3) is 0.643. The van der Waals surface area contributed by atoms with E-state index in [1.54, 1.807) is 6.92 Å². The Morgan fingerprint density at radius 1 is 1.47 bits per heavy atom. The molecule has 1 aliphatic carbocycles. The molecule has 1 saturated carbocycles. The average molecular weight is 234 g/mol. The molecule has 0 unspecified atom stereocenters. The summed E-state index contributed by atoms with van der Waals surface area (Å²) in [7, 11) is 0. The third kappa shape index (κ3) is 3.19. The van der Waals surface area contributed by atoms with Gasteiger partial charge in [0.15, 0.2) is 0 Å². The molecule has 1 aliphatic rings. The summed E-state index contributed by atoms with van der Waals surface area (Å²) in [5, 5.41) is 9.44.